The molecule has 20 heteroatoms. The van der Waals surface area contributed by atoms with E-state index in [1.165, 1.54) is 30.7 Å². The van der Waals surface area contributed by atoms with Crippen LogP contribution in [0.4, 0.5) is 49.1 Å². The first-order chi connectivity index (χ1) is 29.2. The van der Waals surface area contributed by atoms with Crippen LogP contribution >= 0.6 is 0 Å². The second-order valence-electron chi connectivity index (χ2n) is 14.7. The molecule has 4 heterocycles. The molecule has 14 nitrogen and oxygen atoms in total. The van der Waals surface area contributed by atoms with Gasteiger partial charge in [0.1, 0.15) is 13.2 Å². The van der Waals surface area contributed by atoms with E-state index in [1.54, 1.807) is 76.2 Å². The van der Waals surface area contributed by atoms with Crippen LogP contribution in [0.5, 0.6) is 0 Å². The fourth-order valence-electron chi connectivity index (χ4n) is 5.55. The zero-order chi connectivity index (χ0) is 44.8. The molecule has 2 saturated heterocycles. The van der Waals surface area contributed by atoms with E-state index in [9.17, 15) is 36.2 Å². The highest BCUT2D eigenvalue weighted by atomic mass is 19.4. The number of nitrogens with one attached hydrogen (secondary N) is 2. The van der Waals surface area contributed by atoms with Crippen LogP contribution in [0.2, 0.25) is 0 Å². The Balaban J connectivity index is 0.000000179. The van der Waals surface area contributed by atoms with Crippen molar-refractivity contribution in [3.8, 4) is 22.9 Å². The standard InChI is InChI=1S/C21H20F3N3O4.C15H10F3N3O.C6H10O3/c1-19(2)29-11-20(28,12-30-19)18-27-26-17(31-18)15-5-3-4-6-16(15)25-14-9-7-13(8-10-14)21(22,23)24;16-15(17,18)10-5-7-11(8-6-10)20-13-4-2-1-3-12(13)14-21-19-9-22-14;1-6(2)8-3-5(7)4-9-6/h3-10,25,28H,11-12H2,1-2H3;1-9,20H;3-4H2,1-2H3. The van der Waals surface area contributed by atoms with Gasteiger partial charge in [0.05, 0.1) is 46.8 Å². The zero-order valence-corrected chi connectivity index (χ0v) is 33.5. The Hall–Kier alpha value is -6.19. The van der Waals surface area contributed by atoms with E-state index in [0.29, 0.717) is 39.8 Å². The molecule has 0 saturated carbocycles. The second-order valence-corrected chi connectivity index (χ2v) is 14.7. The summed E-state index contributed by atoms with van der Waals surface area (Å²) in [5, 5.41) is 32.3. The maximum Gasteiger partial charge on any atom is 0.416 e. The Kier molecular flexibility index (Phi) is 13.5. The molecule has 62 heavy (non-hydrogen) atoms. The number of carbonyl (C=O) groups is 1. The molecule has 0 bridgehead atoms. The van der Waals surface area contributed by atoms with Crippen molar-refractivity contribution < 1.29 is 64.0 Å². The van der Waals surface area contributed by atoms with Crippen LogP contribution in [-0.4, -0.2) is 69.3 Å². The summed E-state index contributed by atoms with van der Waals surface area (Å²) in [5.41, 5.74) is 0.353. The number of ketones is 1. The van der Waals surface area contributed by atoms with Gasteiger partial charge in [0, 0.05) is 11.4 Å². The largest absolute Gasteiger partial charge is 0.423 e. The third-order valence-corrected chi connectivity index (χ3v) is 8.96. The van der Waals surface area contributed by atoms with Gasteiger partial charge in [-0.25, -0.2) is 0 Å². The van der Waals surface area contributed by atoms with E-state index in [0.717, 1.165) is 24.3 Å². The number of hydrogen-bond donors (Lipinski definition) is 3. The summed E-state index contributed by atoms with van der Waals surface area (Å²) in [6.07, 6.45) is -7.54. The van der Waals surface area contributed by atoms with E-state index in [1.807, 2.05) is 0 Å². The number of anilines is 4. The van der Waals surface area contributed by atoms with Crippen molar-refractivity contribution in [3.63, 3.8) is 0 Å². The van der Waals surface area contributed by atoms with E-state index in [2.05, 4.69) is 31.0 Å². The maximum atomic E-state index is 12.8. The van der Waals surface area contributed by atoms with Gasteiger partial charge in [-0.15, -0.1) is 20.4 Å². The Morgan fingerprint density at radius 2 is 1.05 bits per heavy atom. The Labute approximate surface area is 350 Å². The van der Waals surface area contributed by atoms with Gasteiger partial charge in [-0.3, -0.25) is 4.79 Å². The third kappa shape index (κ3) is 12.0. The second kappa shape index (κ2) is 18.4. The maximum absolute atomic E-state index is 12.8. The molecule has 2 aromatic heterocycles. The summed E-state index contributed by atoms with van der Waals surface area (Å²) in [4.78, 5) is 10.5. The molecule has 0 amide bonds. The number of aliphatic hydroxyl groups is 1. The fourth-order valence-corrected chi connectivity index (χ4v) is 5.55. The van der Waals surface area contributed by atoms with E-state index in [4.69, 9.17) is 27.8 Å². The average Bonchev–Trinajstić information content (AvgIpc) is 3.96. The van der Waals surface area contributed by atoms with Crippen LogP contribution in [0.25, 0.3) is 22.9 Å². The first-order valence-electron chi connectivity index (χ1n) is 18.7. The molecule has 0 radical (unpaired) electrons. The van der Waals surface area contributed by atoms with E-state index >= 15 is 0 Å². The predicted molar refractivity (Wildman–Crippen MR) is 210 cm³/mol. The molecule has 0 spiro atoms. The van der Waals surface area contributed by atoms with Gasteiger partial charge in [0.15, 0.2) is 23.0 Å². The number of nitrogens with zero attached hydrogens (tertiary/aromatic N) is 4. The van der Waals surface area contributed by atoms with Gasteiger partial charge < -0.3 is 43.5 Å². The molecule has 2 fully saturated rings. The predicted octanol–water partition coefficient (Wildman–Crippen LogP) is 9.31. The fraction of sp³-hybridized carbons (Fsp3) is 0.310. The molecule has 3 N–H and O–H groups in total. The summed E-state index contributed by atoms with van der Waals surface area (Å²) in [5.74, 6) is -0.976. The minimum absolute atomic E-state index is 0.00863. The number of rotatable bonds is 7. The Bertz CT molecular complexity index is 2380. The molecule has 0 aliphatic carbocycles. The van der Waals surface area contributed by atoms with Gasteiger partial charge in [0.25, 0.3) is 5.89 Å². The summed E-state index contributed by atoms with van der Waals surface area (Å²) in [6.45, 7) is 7.27. The van der Waals surface area contributed by atoms with Crippen molar-refractivity contribution in [2.75, 3.05) is 37.1 Å². The zero-order valence-electron chi connectivity index (χ0n) is 33.5. The van der Waals surface area contributed by atoms with Crippen LogP contribution in [0, 0.1) is 0 Å². The minimum atomic E-state index is -4.40. The van der Waals surface area contributed by atoms with Crippen molar-refractivity contribution in [3.05, 3.63) is 120 Å². The first-order valence-corrected chi connectivity index (χ1v) is 18.7. The number of hydrogen-bond acceptors (Lipinski definition) is 14. The van der Waals surface area contributed by atoms with Crippen LogP contribution < -0.4 is 10.6 Å². The number of para-hydroxylation sites is 2. The van der Waals surface area contributed by atoms with Crippen LogP contribution in [0.3, 0.4) is 0 Å². The summed E-state index contributed by atoms with van der Waals surface area (Å²) in [7, 11) is 0. The normalized spacial score (nSPS) is 16.9. The van der Waals surface area contributed by atoms with Gasteiger partial charge >= 0.3 is 12.4 Å². The number of aromatic nitrogens is 4. The van der Waals surface area contributed by atoms with Crippen molar-refractivity contribution in [2.45, 2.75) is 57.2 Å². The third-order valence-electron chi connectivity index (χ3n) is 8.96. The van der Waals surface area contributed by atoms with Crippen molar-refractivity contribution in [1.29, 1.82) is 0 Å². The average molecular weight is 871 g/mol. The molecule has 328 valence electrons. The summed E-state index contributed by atoms with van der Waals surface area (Å²) >= 11 is 0. The highest BCUT2D eigenvalue weighted by Gasteiger charge is 2.44. The minimum Gasteiger partial charge on any atom is -0.423 e. The lowest BCUT2D eigenvalue weighted by molar-refractivity contribution is -0.308. The van der Waals surface area contributed by atoms with E-state index in [-0.39, 0.29) is 44.0 Å². The van der Waals surface area contributed by atoms with Gasteiger partial charge in [0.2, 0.25) is 18.2 Å². The number of alkyl halides is 6. The molecular formula is C42H40F6N6O8. The topological polar surface area (TPSA) is 176 Å². The highest BCUT2D eigenvalue weighted by Crippen LogP contribution is 2.36. The molecule has 6 aromatic rings. The molecule has 4 aromatic carbocycles. The lowest BCUT2D eigenvalue weighted by Gasteiger charge is -2.38. The number of carbonyl (C=O) groups excluding carboxylic acids is 1. The lowest BCUT2D eigenvalue weighted by Crippen LogP contribution is -2.49. The number of benzene rings is 4. The highest BCUT2D eigenvalue weighted by molar-refractivity contribution is 5.81. The molecule has 8 rings (SSSR count). The number of Topliss-reactive ketones (excluding diaryl/α,β-unsaturated/α-hetero) is 1. The van der Waals surface area contributed by atoms with Crippen molar-refractivity contribution in [2.24, 2.45) is 0 Å². The van der Waals surface area contributed by atoms with Crippen LogP contribution in [0.15, 0.2) is 112 Å². The molecule has 2 aliphatic heterocycles. The summed E-state index contributed by atoms with van der Waals surface area (Å²) < 4.78 is 108. The van der Waals surface area contributed by atoms with Gasteiger partial charge in [-0.05, 0) is 100 Å². The van der Waals surface area contributed by atoms with Crippen LogP contribution in [0.1, 0.15) is 44.7 Å². The van der Waals surface area contributed by atoms with Gasteiger partial charge in [-0.2, -0.15) is 26.3 Å². The molecule has 0 atom stereocenters. The molecule has 2 aliphatic rings. The Morgan fingerprint density at radius 3 is 1.48 bits per heavy atom. The van der Waals surface area contributed by atoms with Crippen molar-refractivity contribution in [1.82, 2.24) is 20.4 Å². The molecular weight excluding hydrogens is 830 g/mol. The molecule has 0 unspecified atom stereocenters. The SMILES string of the molecule is CC1(C)OCC(=O)CO1.CC1(C)OCC(O)(c2nnc(-c3ccccc3Nc3ccc(C(F)(F)F)cc3)o2)CO1.FC(F)(F)c1ccc(Nc2ccccc2-c2nnco2)cc1. The smallest absolute Gasteiger partial charge is 0.416 e. The first kappa shape index (κ1) is 45.3. The number of ether oxygens (including phenoxy) is 4. The quantitative estimate of drug-likeness (QED) is 0.129. The van der Waals surface area contributed by atoms with Crippen LogP contribution in [-0.2, 0) is 41.7 Å². The summed E-state index contributed by atoms with van der Waals surface area (Å²) in [6, 6.07) is 23.5. The van der Waals surface area contributed by atoms with Gasteiger partial charge in [-0.1, -0.05) is 24.3 Å². The monoisotopic (exact) mass is 870 g/mol. The van der Waals surface area contributed by atoms with E-state index < -0.39 is 40.7 Å². The number of halogens is 6. The van der Waals surface area contributed by atoms with Crippen molar-refractivity contribution >= 4 is 28.5 Å². The lowest BCUT2D eigenvalue weighted by atomic mass is 10.1. The Morgan fingerprint density at radius 1 is 0.597 bits per heavy atom.